The van der Waals surface area contributed by atoms with E-state index >= 15 is 0 Å². The molecule has 1 amide bonds. The number of rotatable bonds is 2. The first-order chi connectivity index (χ1) is 4.18. The van der Waals surface area contributed by atoms with Gasteiger partial charge < -0.3 is 10.4 Å². The second-order valence-electron chi connectivity index (χ2n) is 2.56. The zero-order chi connectivity index (χ0) is 6.91. The van der Waals surface area contributed by atoms with Crippen molar-refractivity contribution in [2.45, 2.75) is 31.7 Å². The Labute approximate surface area is 54.1 Å². The van der Waals surface area contributed by atoms with Crippen molar-refractivity contribution in [2.24, 2.45) is 0 Å². The molecule has 9 heavy (non-hydrogen) atoms. The van der Waals surface area contributed by atoms with Crippen LogP contribution in [0, 0.1) is 0 Å². The molecule has 1 aliphatic carbocycles. The van der Waals surface area contributed by atoms with Gasteiger partial charge in [-0.2, -0.15) is 0 Å². The van der Waals surface area contributed by atoms with Crippen molar-refractivity contribution < 1.29 is 9.90 Å². The standard InChI is InChI=1S/C6H11NO2/c1-2-6(3-4-6)7-5(8)9/h7H,2-4H2,1H3,(H,8,9). The van der Waals surface area contributed by atoms with E-state index in [1.807, 2.05) is 6.92 Å². The number of carbonyl (C=O) groups is 1. The predicted molar refractivity (Wildman–Crippen MR) is 33.4 cm³/mol. The van der Waals surface area contributed by atoms with Crippen molar-refractivity contribution in [1.82, 2.24) is 5.32 Å². The normalized spacial score (nSPS) is 21.0. The van der Waals surface area contributed by atoms with Crippen molar-refractivity contribution in [2.75, 3.05) is 0 Å². The van der Waals surface area contributed by atoms with Crippen molar-refractivity contribution >= 4 is 6.09 Å². The van der Waals surface area contributed by atoms with E-state index in [1.165, 1.54) is 0 Å². The van der Waals surface area contributed by atoms with E-state index in [2.05, 4.69) is 5.32 Å². The van der Waals surface area contributed by atoms with Gasteiger partial charge in [0.1, 0.15) is 0 Å². The van der Waals surface area contributed by atoms with Crippen LogP contribution in [0.1, 0.15) is 26.2 Å². The largest absolute Gasteiger partial charge is 0.465 e. The van der Waals surface area contributed by atoms with Crippen LogP contribution < -0.4 is 5.32 Å². The third-order valence-corrected chi connectivity index (χ3v) is 1.90. The molecule has 0 aliphatic heterocycles. The first-order valence-electron chi connectivity index (χ1n) is 3.20. The first kappa shape index (κ1) is 6.39. The average Bonchev–Trinajstić information content (AvgIpc) is 2.48. The summed E-state index contributed by atoms with van der Waals surface area (Å²) in [5.41, 5.74) is -0.0359. The number of nitrogens with one attached hydrogen (secondary N) is 1. The maximum Gasteiger partial charge on any atom is 0.405 e. The zero-order valence-electron chi connectivity index (χ0n) is 5.48. The van der Waals surface area contributed by atoms with Crippen LogP contribution in [0.15, 0.2) is 0 Å². The molecule has 52 valence electrons. The van der Waals surface area contributed by atoms with E-state index in [-0.39, 0.29) is 5.54 Å². The summed E-state index contributed by atoms with van der Waals surface area (Å²) in [6.07, 6.45) is 2.04. The van der Waals surface area contributed by atoms with Gasteiger partial charge in [-0.05, 0) is 19.3 Å². The van der Waals surface area contributed by atoms with Crippen LogP contribution >= 0.6 is 0 Å². The summed E-state index contributed by atoms with van der Waals surface area (Å²) >= 11 is 0. The summed E-state index contributed by atoms with van der Waals surface area (Å²) in [6, 6.07) is 0. The molecule has 1 fully saturated rings. The summed E-state index contributed by atoms with van der Waals surface area (Å²) in [4.78, 5) is 10.1. The molecule has 2 N–H and O–H groups in total. The Kier molecular flexibility index (Phi) is 1.35. The molecule has 3 heteroatoms. The molecule has 3 nitrogen and oxygen atoms in total. The van der Waals surface area contributed by atoms with Crippen LogP contribution in [-0.2, 0) is 0 Å². The minimum Gasteiger partial charge on any atom is -0.465 e. The Morgan fingerprint density at radius 3 is 2.44 bits per heavy atom. The van der Waals surface area contributed by atoms with Gasteiger partial charge in [0.2, 0.25) is 0 Å². The molecule has 1 rings (SSSR count). The van der Waals surface area contributed by atoms with Gasteiger partial charge >= 0.3 is 6.09 Å². The monoisotopic (exact) mass is 129 g/mol. The van der Waals surface area contributed by atoms with Gasteiger partial charge in [-0.15, -0.1) is 0 Å². The molecule has 0 spiro atoms. The van der Waals surface area contributed by atoms with E-state index in [0.29, 0.717) is 0 Å². The lowest BCUT2D eigenvalue weighted by Gasteiger charge is -2.10. The minimum atomic E-state index is -0.894. The molecule has 0 radical (unpaired) electrons. The summed E-state index contributed by atoms with van der Waals surface area (Å²) in [5.74, 6) is 0. The summed E-state index contributed by atoms with van der Waals surface area (Å²) in [7, 11) is 0. The molecular weight excluding hydrogens is 118 g/mol. The number of hydrogen-bond donors (Lipinski definition) is 2. The maximum atomic E-state index is 10.1. The summed E-state index contributed by atoms with van der Waals surface area (Å²) < 4.78 is 0. The molecule has 1 aliphatic rings. The highest BCUT2D eigenvalue weighted by atomic mass is 16.4. The molecule has 1 saturated carbocycles. The lowest BCUT2D eigenvalue weighted by Crippen LogP contribution is -2.34. The van der Waals surface area contributed by atoms with Crippen molar-refractivity contribution in [3.05, 3.63) is 0 Å². The molecular formula is C6H11NO2. The highest BCUT2D eigenvalue weighted by Crippen LogP contribution is 2.37. The van der Waals surface area contributed by atoms with Crippen LogP contribution in [0.3, 0.4) is 0 Å². The van der Waals surface area contributed by atoms with Gasteiger partial charge in [0, 0.05) is 5.54 Å². The predicted octanol–water partition coefficient (Wildman–Crippen LogP) is 1.20. The molecule has 0 atom stereocenters. The van der Waals surface area contributed by atoms with Crippen molar-refractivity contribution in [3.8, 4) is 0 Å². The Morgan fingerprint density at radius 2 is 2.33 bits per heavy atom. The first-order valence-corrected chi connectivity index (χ1v) is 3.20. The average molecular weight is 129 g/mol. The van der Waals surface area contributed by atoms with E-state index < -0.39 is 6.09 Å². The van der Waals surface area contributed by atoms with Crippen molar-refractivity contribution in [1.29, 1.82) is 0 Å². The second kappa shape index (κ2) is 1.90. The third kappa shape index (κ3) is 1.34. The van der Waals surface area contributed by atoms with E-state index in [0.717, 1.165) is 19.3 Å². The lowest BCUT2D eigenvalue weighted by atomic mass is 10.2. The van der Waals surface area contributed by atoms with Gasteiger partial charge in [0.15, 0.2) is 0 Å². The molecule has 0 heterocycles. The topological polar surface area (TPSA) is 49.3 Å². The smallest absolute Gasteiger partial charge is 0.405 e. The number of carboxylic acid groups (broad SMARTS) is 1. The van der Waals surface area contributed by atoms with E-state index in [1.54, 1.807) is 0 Å². The second-order valence-corrected chi connectivity index (χ2v) is 2.56. The molecule has 0 aromatic rings. The zero-order valence-corrected chi connectivity index (χ0v) is 5.48. The quantitative estimate of drug-likeness (QED) is 0.588. The van der Waals surface area contributed by atoms with Gasteiger partial charge in [0.25, 0.3) is 0 Å². The highest BCUT2D eigenvalue weighted by Gasteiger charge is 2.41. The molecule has 0 saturated heterocycles. The molecule has 0 aromatic heterocycles. The Balaban J connectivity index is 2.33. The van der Waals surface area contributed by atoms with Gasteiger partial charge in [0.05, 0.1) is 0 Å². The van der Waals surface area contributed by atoms with Crippen LogP contribution in [0.5, 0.6) is 0 Å². The maximum absolute atomic E-state index is 10.1. The fourth-order valence-electron chi connectivity index (χ4n) is 0.945. The fourth-order valence-corrected chi connectivity index (χ4v) is 0.945. The van der Waals surface area contributed by atoms with Gasteiger partial charge in [-0.25, -0.2) is 4.79 Å². The van der Waals surface area contributed by atoms with Crippen LogP contribution in [0.25, 0.3) is 0 Å². The van der Waals surface area contributed by atoms with E-state index in [4.69, 9.17) is 5.11 Å². The van der Waals surface area contributed by atoms with Crippen LogP contribution in [-0.4, -0.2) is 16.7 Å². The summed E-state index contributed by atoms with van der Waals surface area (Å²) in [6.45, 7) is 2.00. The number of hydrogen-bond acceptors (Lipinski definition) is 1. The lowest BCUT2D eigenvalue weighted by molar-refractivity contribution is 0.188. The third-order valence-electron chi connectivity index (χ3n) is 1.90. The Hall–Kier alpha value is -0.730. The Morgan fingerprint density at radius 1 is 1.78 bits per heavy atom. The minimum absolute atomic E-state index is 0.0359. The Bertz CT molecular complexity index is 129. The van der Waals surface area contributed by atoms with Crippen LogP contribution in [0.4, 0.5) is 4.79 Å². The highest BCUT2D eigenvalue weighted by molar-refractivity contribution is 5.66. The fraction of sp³-hybridized carbons (Fsp3) is 0.833. The van der Waals surface area contributed by atoms with Crippen molar-refractivity contribution in [3.63, 3.8) is 0 Å². The molecule has 0 unspecified atom stereocenters. The van der Waals surface area contributed by atoms with Gasteiger partial charge in [-0.1, -0.05) is 6.92 Å². The van der Waals surface area contributed by atoms with Gasteiger partial charge in [-0.3, -0.25) is 0 Å². The molecule has 0 bridgehead atoms. The summed E-state index contributed by atoms with van der Waals surface area (Å²) in [5, 5.41) is 10.8. The molecule has 0 aromatic carbocycles. The van der Waals surface area contributed by atoms with Crippen LogP contribution in [0.2, 0.25) is 0 Å². The van der Waals surface area contributed by atoms with E-state index in [9.17, 15) is 4.79 Å². The number of amides is 1. The SMILES string of the molecule is CCC1(NC(=O)O)CC1.